The smallest absolute Gasteiger partial charge is 0.316 e. The lowest BCUT2D eigenvalue weighted by molar-refractivity contribution is -0.167. The van der Waals surface area contributed by atoms with E-state index >= 15 is 0 Å². The van der Waals surface area contributed by atoms with Gasteiger partial charge in [-0.25, -0.2) is 17.6 Å². The number of rotatable bonds is 4. The second-order valence-electron chi connectivity index (χ2n) is 3.52. The van der Waals surface area contributed by atoms with Gasteiger partial charge in [0.15, 0.2) is 0 Å². The van der Waals surface area contributed by atoms with Crippen molar-refractivity contribution in [3.05, 3.63) is 23.0 Å². The molecule has 0 fully saturated rings. The maximum atomic E-state index is 13.4. The lowest BCUT2D eigenvalue weighted by Crippen LogP contribution is -2.30. The van der Waals surface area contributed by atoms with Crippen LogP contribution in [0, 0.1) is 5.82 Å². The van der Waals surface area contributed by atoms with Crippen LogP contribution in [0.25, 0.3) is 0 Å². The van der Waals surface area contributed by atoms with Crippen molar-refractivity contribution in [2.45, 2.75) is 23.0 Å². The third-order valence-electron chi connectivity index (χ3n) is 1.96. The molecular formula is C10H5ClF7NOS. The third kappa shape index (κ3) is 4.95. The maximum absolute atomic E-state index is 13.4. The molecule has 1 unspecified atom stereocenters. The number of hydrogen-bond acceptors (Lipinski definition) is 2. The molecule has 0 aliphatic carbocycles. The van der Waals surface area contributed by atoms with E-state index in [-0.39, 0.29) is 11.8 Å². The zero-order valence-corrected chi connectivity index (χ0v) is 11.2. The van der Waals surface area contributed by atoms with Gasteiger partial charge in [0.05, 0.1) is 10.7 Å². The monoisotopic (exact) mass is 355 g/mol. The Morgan fingerprint density at radius 2 is 1.81 bits per heavy atom. The average Bonchev–Trinajstić information content (AvgIpc) is 2.33. The molecule has 0 spiro atoms. The number of halogens is 8. The largest absolute Gasteiger partial charge is 0.471 e. The minimum atomic E-state index is -5.27. The topological polar surface area (TPSA) is 29.1 Å². The molecular weight excluding hydrogens is 351 g/mol. The molecule has 0 saturated heterocycles. The average molecular weight is 356 g/mol. The van der Waals surface area contributed by atoms with Crippen LogP contribution in [-0.4, -0.2) is 24.0 Å². The molecule has 1 rings (SSSR count). The highest BCUT2D eigenvalue weighted by molar-refractivity contribution is 8.00. The Kier molecular flexibility index (Phi) is 5.74. The number of thioether (sulfide) groups is 1. The Hall–Kier alpha value is -1.16. The molecule has 1 aromatic rings. The van der Waals surface area contributed by atoms with Crippen LogP contribution in [0.4, 0.5) is 36.4 Å². The van der Waals surface area contributed by atoms with Crippen molar-refractivity contribution < 1.29 is 35.5 Å². The molecule has 1 atom stereocenters. The fraction of sp³-hybridized carbons (Fsp3) is 0.300. The zero-order chi connectivity index (χ0) is 16.4. The predicted molar refractivity (Wildman–Crippen MR) is 62.9 cm³/mol. The number of anilines is 1. The molecule has 21 heavy (non-hydrogen) atoms. The Balaban J connectivity index is 3.04. The molecule has 1 N–H and O–H groups in total. The lowest BCUT2D eigenvalue weighted by atomic mass is 10.3. The number of alkyl halides is 6. The summed E-state index contributed by atoms with van der Waals surface area (Å²) in [5, 5.41) is 0.719. The highest BCUT2D eigenvalue weighted by Gasteiger charge is 2.39. The molecule has 0 heterocycles. The number of nitrogens with one attached hydrogen (secondary N) is 1. The number of hydrogen-bond donors (Lipinski definition) is 1. The van der Waals surface area contributed by atoms with Crippen LogP contribution in [0.15, 0.2) is 17.0 Å². The summed E-state index contributed by atoms with van der Waals surface area (Å²) in [5.41, 5.74) is -3.66. The van der Waals surface area contributed by atoms with Gasteiger partial charge in [-0.3, -0.25) is 4.79 Å². The minimum absolute atomic E-state index is 0.112. The van der Waals surface area contributed by atoms with Gasteiger partial charge in [0, 0.05) is 4.90 Å². The highest BCUT2D eigenvalue weighted by Crippen LogP contribution is 2.37. The van der Waals surface area contributed by atoms with E-state index in [1.54, 1.807) is 0 Å². The van der Waals surface area contributed by atoms with Gasteiger partial charge in [0.1, 0.15) is 5.82 Å². The fourth-order valence-electron chi connectivity index (χ4n) is 1.08. The maximum Gasteiger partial charge on any atom is 0.471 e. The number of benzene rings is 1. The summed E-state index contributed by atoms with van der Waals surface area (Å²) in [6, 6.07) is 1.02. The van der Waals surface area contributed by atoms with Crippen molar-refractivity contribution in [3.8, 4) is 0 Å². The van der Waals surface area contributed by atoms with Gasteiger partial charge in [-0.15, -0.1) is 0 Å². The fourth-order valence-corrected chi connectivity index (χ4v) is 2.07. The number of carbonyl (C=O) groups is 1. The summed E-state index contributed by atoms with van der Waals surface area (Å²) in [6.45, 7) is 0. The zero-order valence-electron chi connectivity index (χ0n) is 9.65. The van der Waals surface area contributed by atoms with Crippen molar-refractivity contribution in [1.29, 1.82) is 0 Å². The first-order valence-corrected chi connectivity index (χ1v) is 6.24. The van der Waals surface area contributed by atoms with E-state index in [9.17, 15) is 35.5 Å². The first-order valence-electron chi connectivity index (χ1n) is 4.98. The molecule has 2 nitrogen and oxygen atoms in total. The van der Waals surface area contributed by atoms with E-state index in [2.05, 4.69) is 0 Å². The van der Waals surface area contributed by atoms with E-state index in [1.165, 1.54) is 5.32 Å². The van der Waals surface area contributed by atoms with Crippen LogP contribution in [0.2, 0.25) is 5.02 Å². The Morgan fingerprint density at radius 3 is 2.29 bits per heavy atom. The van der Waals surface area contributed by atoms with Crippen LogP contribution < -0.4 is 5.32 Å². The van der Waals surface area contributed by atoms with E-state index in [1.807, 2.05) is 0 Å². The summed E-state index contributed by atoms with van der Waals surface area (Å²) < 4.78 is 86.5. The van der Waals surface area contributed by atoms with Gasteiger partial charge in [-0.2, -0.15) is 13.2 Å². The van der Waals surface area contributed by atoms with Crippen molar-refractivity contribution >= 4 is 35.0 Å². The van der Waals surface area contributed by atoms with Gasteiger partial charge < -0.3 is 5.32 Å². The molecule has 118 valence electrons. The van der Waals surface area contributed by atoms with Gasteiger partial charge in [0.25, 0.3) is 6.43 Å². The molecule has 0 radical (unpaired) electrons. The van der Waals surface area contributed by atoms with Crippen LogP contribution in [0.3, 0.4) is 0 Å². The van der Waals surface area contributed by atoms with Crippen LogP contribution in [0.1, 0.15) is 0 Å². The SMILES string of the molecule is O=C(Nc1cc(SC(F)C(F)F)c(Cl)cc1F)C(F)(F)F. The summed E-state index contributed by atoms with van der Waals surface area (Å²) in [4.78, 5) is 10.2. The van der Waals surface area contributed by atoms with E-state index in [0.717, 1.165) is 0 Å². The highest BCUT2D eigenvalue weighted by atomic mass is 35.5. The first-order chi connectivity index (χ1) is 9.52. The predicted octanol–water partition coefficient (Wildman–Crippen LogP) is 4.63. The second-order valence-corrected chi connectivity index (χ2v) is 5.05. The molecule has 0 aliphatic rings. The quantitative estimate of drug-likeness (QED) is 0.630. The molecule has 11 heteroatoms. The second kappa shape index (κ2) is 6.73. The van der Waals surface area contributed by atoms with Gasteiger partial charge >= 0.3 is 12.1 Å². The van der Waals surface area contributed by atoms with Crippen molar-refractivity contribution in [3.63, 3.8) is 0 Å². The molecule has 1 aromatic carbocycles. The van der Waals surface area contributed by atoms with E-state index < -0.39 is 45.4 Å². The molecule has 0 aliphatic heterocycles. The minimum Gasteiger partial charge on any atom is -0.316 e. The summed E-state index contributed by atoms with van der Waals surface area (Å²) in [6.07, 6.45) is -8.64. The van der Waals surface area contributed by atoms with Crippen molar-refractivity contribution in [2.75, 3.05) is 5.32 Å². The molecule has 1 amide bonds. The van der Waals surface area contributed by atoms with Gasteiger partial charge in [-0.05, 0) is 12.1 Å². The van der Waals surface area contributed by atoms with E-state index in [4.69, 9.17) is 11.6 Å². The summed E-state index contributed by atoms with van der Waals surface area (Å²) in [5.74, 6) is -3.79. The normalized spacial score (nSPS) is 13.4. The number of amides is 1. The Labute approximate surface area is 122 Å². The first kappa shape index (κ1) is 17.9. The molecule has 0 saturated carbocycles. The van der Waals surface area contributed by atoms with Crippen LogP contribution in [-0.2, 0) is 4.79 Å². The Bertz CT molecular complexity index is 537. The van der Waals surface area contributed by atoms with Crippen LogP contribution in [0.5, 0.6) is 0 Å². The van der Waals surface area contributed by atoms with Gasteiger partial charge in [-0.1, -0.05) is 23.4 Å². The van der Waals surface area contributed by atoms with Gasteiger partial charge in [0.2, 0.25) is 5.50 Å². The lowest BCUT2D eigenvalue weighted by Gasteiger charge is -2.13. The van der Waals surface area contributed by atoms with Crippen molar-refractivity contribution in [2.24, 2.45) is 0 Å². The summed E-state index contributed by atoms with van der Waals surface area (Å²) >= 11 is 5.36. The number of carbonyl (C=O) groups excluding carboxylic acids is 1. The third-order valence-corrected chi connectivity index (χ3v) is 3.41. The molecule has 0 bridgehead atoms. The standard InChI is InChI=1S/C10H5ClF7NOS/c11-3-1-4(12)5(19-9(20)10(16,17)18)2-6(3)21-8(15)7(13)14/h1-2,7-8H,(H,19,20). The Morgan fingerprint density at radius 1 is 1.24 bits per heavy atom. The van der Waals surface area contributed by atoms with E-state index in [0.29, 0.717) is 12.1 Å². The van der Waals surface area contributed by atoms with Crippen LogP contribution >= 0.6 is 23.4 Å². The van der Waals surface area contributed by atoms with Crippen molar-refractivity contribution in [1.82, 2.24) is 0 Å². The molecule has 0 aromatic heterocycles. The summed E-state index contributed by atoms with van der Waals surface area (Å²) in [7, 11) is 0.